The van der Waals surface area contributed by atoms with Crippen LogP contribution in [0.4, 0.5) is 5.69 Å². The highest BCUT2D eigenvalue weighted by atomic mass is 32.2. The second-order valence-corrected chi connectivity index (χ2v) is 14.1. The molecule has 0 N–H and O–H groups in total. The number of piperidine rings is 1. The SMILES string of the molecule is CCN(CC)C(CN1CCC(CN2Sc3cccc4cccc2c34)CC1)C12CC3CC(CC(C3)C1)C2. The molecule has 194 valence electrons. The molecular formula is C32H45N3S. The maximum absolute atomic E-state index is 2.88. The fraction of sp³-hybridized carbons (Fsp3) is 0.688. The van der Waals surface area contributed by atoms with Crippen molar-refractivity contribution in [2.45, 2.75) is 76.2 Å². The van der Waals surface area contributed by atoms with Gasteiger partial charge in [0.1, 0.15) is 0 Å². The van der Waals surface area contributed by atoms with Gasteiger partial charge in [-0.3, -0.25) is 4.90 Å². The molecule has 36 heavy (non-hydrogen) atoms. The van der Waals surface area contributed by atoms with Crippen LogP contribution in [0.15, 0.2) is 41.3 Å². The summed E-state index contributed by atoms with van der Waals surface area (Å²) in [4.78, 5) is 7.20. The van der Waals surface area contributed by atoms with Crippen LogP contribution in [-0.4, -0.2) is 55.1 Å². The van der Waals surface area contributed by atoms with E-state index in [1.807, 2.05) is 11.9 Å². The quantitative estimate of drug-likeness (QED) is 0.349. The average molecular weight is 504 g/mol. The molecule has 5 fully saturated rings. The minimum Gasteiger partial charge on any atom is -0.311 e. The van der Waals surface area contributed by atoms with Crippen LogP contribution in [-0.2, 0) is 0 Å². The van der Waals surface area contributed by atoms with E-state index in [0.717, 1.165) is 29.7 Å². The zero-order valence-corrected chi connectivity index (χ0v) is 23.3. The van der Waals surface area contributed by atoms with Crippen LogP contribution in [0.25, 0.3) is 10.8 Å². The molecule has 0 amide bonds. The zero-order chi connectivity index (χ0) is 24.3. The maximum Gasteiger partial charge on any atom is 0.0563 e. The van der Waals surface area contributed by atoms with Gasteiger partial charge in [0.05, 0.1) is 5.69 Å². The minimum atomic E-state index is 0.619. The molecule has 8 rings (SSSR count). The third-order valence-electron chi connectivity index (χ3n) is 10.9. The Balaban J connectivity index is 1.01. The van der Waals surface area contributed by atoms with Crippen molar-refractivity contribution in [3.8, 4) is 0 Å². The normalized spacial score (nSPS) is 32.8. The van der Waals surface area contributed by atoms with Crippen molar-refractivity contribution in [3.05, 3.63) is 36.4 Å². The predicted octanol–water partition coefficient (Wildman–Crippen LogP) is 7.31. The zero-order valence-electron chi connectivity index (χ0n) is 22.5. The van der Waals surface area contributed by atoms with Gasteiger partial charge in [-0.15, -0.1) is 0 Å². The van der Waals surface area contributed by atoms with Gasteiger partial charge in [-0.2, -0.15) is 0 Å². The van der Waals surface area contributed by atoms with Gasteiger partial charge in [-0.05, 0) is 136 Å². The molecule has 1 atom stereocenters. The smallest absolute Gasteiger partial charge is 0.0563 e. The Hall–Kier alpha value is -1.23. The topological polar surface area (TPSA) is 9.72 Å². The highest BCUT2D eigenvalue weighted by molar-refractivity contribution is 8.01. The van der Waals surface area contributed by atoms with Crippen LogP contribution in [0.5, 0.6) is 0 Å². The largest absolute Gasteiger partial charge is 0.311 e. The molecule has 0 radical (unpaired) electrons. The van der Waals surface area contributed by atoms with E-state index in [9.17, 15) is 0 Å². The third kappa shape index (κ3) is 4.10. The molecule has 1 unspecified atom stereocenters. The Morgan fingerprint density at radius 1 is 0.917 bits per heavy atom. The summed E-state index contributed by atoms with van der Waals surface area (Å²) in [6.07, 6.45) is 12.0. The third-order valence-corrected chi connectivity index (χ3v) is 12.0. The molecule has 4 bridgehead atoms. The summed E-state index contributed by atoms with van der Waals surface area (Å²) in [5.41, 5.74) is 2.06. The summed E-state index contributed by atoms with van der Waals surface area (Å²) in [5, 5.41) is 2.86. The van der Waals surface area contributed by atoms with Crippen molar-refractivity contribution in [1.29, 1.82) is 0 Å². The van der Waals surface area contributed by atoms with Crippen molar-refractivity contribution < 1.29 is 0 Å². The molecule has 1 saturated heterocycles. The van der Waals surface area contributed by atoms with Gasteiger partial charge < -0.3 is 9.21 Å². The van der Waals surface area contributed by atoms with E-state index < -0.39 is 0 Å². The molecular weight excluding hydrogens is 458 g/mol. The highest BCUT2D eigenvalue weighted by Gasteiger charge is 2.55. The number of likely N-dealkylation sites (tertiary alicyclic amines) is 1. The lowest BCUT2D eigenvalue weighted by atomic mass is 9.47. The van der Waals surface area contributed by atoms with E-state index in [4.69, 9.17) is 0 Å². The van der Waals surface area contributed by atoms with E-state index in [1.54, 1.807) is 19.3 Å². The Morgan fingerprint density at radius 2 is 1.56 bits per heavy atom. The summed E-state index contributed by atoms with van der Waals surface area (Å²) >= 11 is 1.97. The van der Waals surface area contributed by atoms with Crippen molar-refractivity contribution in [2.75, 3.05) is 43.6 Å². The van der Waals surface area contributed by atoms with Crippen LogP contribution in [0.2, 0.25) is 0 Å². The number of rotatable bonds is 8. The van der Waals surface area contributed by atoms with Gasteiger partial charge in [0.15, 0.2) is 0 Å². The first-order valence-corrected chi connectivity index (χ1v) is 15.8. The molecule has 3 nitrogen and oxygen atoms in total. The second kappa shape index (κ2) is 9.50. The summed E-state index contributed by atoms with van der Waals surface area (Å²) in [6, 6.07) is 14.4. The lowest BCUT2D eigenvalue weighted by molar-refractivity contribution is -0.107. The molecule has 4 saturated carbocycles. The van der Waals surface area contributed by atoms with Gasteiger partial charge in [0, 0.05) is 29.4 Å². The van der Waals surface area contributed by atoms with E-state index in [1.165, 1.54) is 92.7 Å². The van der Waals surface area contributed by atoms with E-state index in [0.29, 0.717) is 5.41 Å². The summed E-state index contributed by atoms with van der Waals surface area (Å²) in [6.45, 7) is 12.4. The van der Waals surface area contributed by atoms with Crippen molar-refractivity contribution >= 4 is 28.4 Å². The minimum absolute atomic E-state index is 0.619. The van der Waals surface area contributed by atoms with Crippen molar-refractivity contribution in [2.24, 2.45) is 29.1 Å². The number of likely N-dealkylation sites (N-methyl/N-ethyl adjacent to an activating group) is 1. The Morgan fingerprint density at radius 3 is 2.19 bits per heavy atom. The number of benzene rings is 2. The van der Waals surface area contributed by atoms with Crippen LogP contribution < -0.4 is 4.31 Å². The van der Waals surface area contributed by atoms with E-state index in [-0.39, 0.29) is 0 Å². The first kappa shape index (κ1) is 23.9. The van der Waals surface area contributed by atoms with Gasteiger partial charge in [-0.25, -0.2) is 0 Å². The summed E-state index contributed by atoms with van der Waals surface area (Å²) in [5.74, 6) is 3.95. The first-order chi connectivity index (χ1) is 17.6. The summed E-state index contributed by atoms with van der Waals surface area (Å²) < 4.78 is 2.60. The fourth-order valence-corrected chi connectivity index (χ4v) is 10.9. The van der Waals surface area contributed by atoms with Crippen LogP contribution in [0.1, 0.15) is 65.2 Å². The Bertz CT molecular complexity index is 1050. The van der Waals surface area contributed by atoms with E-state index >= 15 is 0 Å². The molecule has 2 aromatic carbocycles. The molecule has 6 aliphatic rings. The van der Waals surface area contributed by atoms with Crippen LogP contribution in [0.3, 0.4) is 0 Å². The number of hydrogen-bond donors (Lipinski definition) is 0. The lowest BCUT2D eigenvalue weighted by Gasteiger charge is -2.61. The molecule has 4 heteroatoms. The Kier molecular flexibility index (Phi) is 6.30. The number of hydrogen-bond acceptors (Lipinski definition) is 4. The fourth-order valence-electron chi connectivity index (χ4n) is 9.65. The second-order valence-electron chi connectivity index (χ2n) is 13.0. The van der Waals surface area contributed by atoms with Gasteiger partial charge in [0.25, 0.3) is 0 Å². The molecule has 0 aromatic heterocycles. The maximum atomic E-state index is 2.88. The van der Waals surface area contributed by atoms with Crippen molar-refractivity contribution in [3.63, 3.8) is 0 Å². The highest BCUT2D eigenvalue weighted by Crippen LogP contribution is 2.62. The monoisotopic (exact) mass is 503 g/mol. The van der Waals surface area contributed by atoms with Crippen molar-refractivity contribution in [1.82, 2.24) is 9.80 Å². The number of nitrogens with zero attached hydrogens (tertiary/aromatic N) is 3. The standard InChI is InChI=1S/C32H45N3S/c1-3-34(4-2)30(32-18-24-15-25(19-32)17-26(16-24)20-32)22-33-13-11-23(12-14-33)21-35-28-9-5-7-27-8-6-10-29(36-35)31(27)28/h5-10,23-26,30H,3-4,11-22H2,1-2H3. The molecule has 2 heterocycles. The molecule has 0 spiro atoms. The van der Waals surface area contributed by atoms with Crippen LogP contribution in [0, 0.1) is 29.1 Å². The van der Waals surface area contributed by atoms with Gasteiger partial charge in [0.2, 0.25) is 0 Å². The molecule has 2 aromatic rings. The summed E-state index contributed by atoms with van der Waals surface area (Å²) in [7, 11) is 0. The lowest BCUT2D eigenvalue weighted by Crippen LogP contribution is -2.60. The van der Waals surface area contributed by atoms with Crippen LogP contribution >= 0.6 is 11.9 Å². The number of anilines is 1. The van der Waals surface area contributed by atoms with Gasteiger partial charge in [-0.1, -0.05) is 38.1 Å². The molecule has 2 aliphatic heterocycles. The predicted molar refractivity (Wildman–Crippen MR) is 154 cm³/mol. The molecule has 4 aliphatic carbocycles. The average Bonchev–Trinajstić information content (AvgIpc) is 3.23. The van der Waals surface area contributed by atoms with Gasteiger partial charge >= 0.3 is 0 Å². The Labute approximate surface area is 223 Å². The first-order valence-electron chi connectivity index (χ1n) is 15.1. The van der Waals surface area contributed by atoms with E-state index in [2.05, 4.69) is 64.4 Å².